The van der Waals surface area contributed by atoms with Crippen LogP contribution in [0.3, 0.4) is 0 Å². The third-order valence-corrected chi connectivity index (χ3v) is 1.29. The van der Waals surface area contributed by atoms with E-state index in [1.807, 2.05) is 0 Å². The summed E-state index contributed by atoms with van der Waals surface area (Å²) in [6.07, 6.45) is 0.319. The SMILES string of the molecule is [C-]#[N+]c1c(F)cc(C=O)cc1F. The summed E-state index contributed by atoms with van der Waals surface area (Å²) in [6.45, 7) is 6.41. The van der Waals surface area contributed by atoms with E-state index in [1.54, 1.807) is 0 Å². The predicted molar refractivity (Wildman–Crippen MR) is 38.0 cm³/mol. The first-order valence-corrected chi connectivity index (χ1v) is 3.00. The van der Waals surface area contributed by atoms with Crippen LogP contribution in [-0.2, 0) is 0 Å². The predicted octanol–water partition coefficient (Wildman–Crippen LogP) is 2.33. The second kappa shape index (κ2) is 3.09. The molecule has 0 atom stereocenters. The average molecular weight is 167 g/mol. The molecule has 4 heteroatoms. The number of nitrogens with zero attached hydrogens (tertiary/aromatic N) is 1. The van der Waals surface area contributed by atoms with Crippen molar-refractivity contribution in [1.82, 2.24) is 0 Å². The number of carbonyl (C=O) groups is 1. The number of halogens is 2. The van der Waals surface area contributed by atoms with Gasteiger partial charge in [-0.15, -0.1) is 0 Å². The Morgan fingerprint density at radius 3 is 2.17 bits per heavy atom. The topological polar surface area (TPSA) is 21.4 Å². The third-order valence-electron chi connectivity index (χ3n) is 1.29. The summed E-state index contributed by atoms with van der Waals surface area (Å²) in [5.74, 6) is -2.01. The van der Waals surface area contributed by atoms with E-state index >= 15 is 0 Å². The van der Waals surface area contributed by atoms with Gasteiger partial charge in [0.25, 0.3) is 5.69 Å². The van der Waals surface area contributed by atoms with Crippen molar-refractivity contribution in [2.75, 3.05) is 0 Å². The molecule has 0 aromatic heterocycles. The Kier molecular flexibility index (Phi) is 2.15. The highest BCUT2D eigenvalue weighted by Crippen LogP contribution is 2.22. The fraction of sp³-hybridized carbons (Fsp3) is 0. The number of hydrogen-bond donors (Lipinski definition) is 0. The van der Waals surface area contributed by atoms with Crippen molar-refractivity contribution in [2.24, 2.45) is 0 Å². The molecule has 1 aromatic rings. The minimum atomic E-state index is -1.01. The molecule has 0 saturated heterocycles. The Morgan fingerprint density at radius 1 is 1.33 bits per heavy atom. The molecule has 0 heterocycles. The molecule has 12 heavy (non-hydrogen) atoms. The fourth-order valence-electron chi connectivity index (χ4n) is 0.760. The van der Waals surface area contributed by atoms with Crippen LogP contribution < -0.4 is 0 Å². The number of aldehydes is 1. The van der Waals surface area contributed by atoms with Crippen LogP contribution in [0.4, 0.5) is 14.5 Å². The lowest BCUT2D eigenvalue weighted by Gasteiger charge is -1.96. The van der Waals surface area contributed by atoms with Gasteiger partial charge in [-0.3, -0.25) is 4.79 Å². The molecule has 0 unspecified atom stereocenters. The maximum Gasteiger partial charge on any atom is 0.256 e. The summed E-state index contributed by atoms with van der Waals surface area (Å²) in [7, 11) is 0. The molecule has 60 valence electrons. The van der Waals surface area contributed by atoms with Crippen LogP contribution in [0.25, 0.3) is 4.85 Å². The number of carbonyl (C=O) groups excluding carboxylic acids is 1. The van der Waals surface area contributed by atoms with Crippen LogP contribution in [0, 0.1) is 18.2 Å². The Labute approximate surface area is 67.3 Å². The molecule has 0 amide bonds. The van der Waals surface area contributed by atoms with Gasteiger partial charge in [0.05, 0.1) is 6.57 Å². The van der Waals surface area contributed by atoms with Crippen LogP contribution in [0.15, 0.2) is 12.1 Å². The van der Waals surface area contributed by atoms with Crippen molar-refractivity contribution >= 4 is 12.0 Å². The second-order valence-electron chi connectivity index (χ2n) is 2.06. The van der Waals surface area contributed by atoms with Crippen molar-refractivity contribution in [2.45, 2.75) is 0 Å². The lowest BCUT2D eigenvalue weighted by atomic mass is 10.2. The maximum absolute atomic E-state index is 12.7. The molecule has 0 aliphatic heterocycles. The van der Waals surface area contributed by atoms with Gasteiger partial charge in [-0.05, 0) is 12.1 Å². The molecule has 1 rings (SSSR count). The highest BCUT2D eigenvalue weighted by molar-refractivity contribution is 5.76. The van der Waals surface area contributed by atoms with Crippen LogP contribution in [0.2, 0.25) is 0 Å². The van der Waals surface area contributed by atoms with Crippen molar-refractivity contribution in [1.29, 1.82) is 0 Å². The smallest absolute Gasteiger partial charge is 0.256 e. The highest BCUT2D eigenvalue weighted by Gasteiger charge is 2.09. The molecule has 0 radical (unpaired) electrons. The highest BCUT2D eigenvalue weighted by atomic mass is 19.1. The van der Waals surface area contributed by atoms with Gasteiger partial charge in [0.1, 0.15) is 17.9 Å². The first kappa shape index (κ1) is 8.34. The van der Waals surface area contributed by atoms with E-state index in [0.29, 0.717) is 6.29 Å². The summed E-state index contributed by atoms with van der Waals surface area (Å²) >= 11 is 0. The summed E-state index contributed by atoms with van der Waals surface area (Å²) in [6, 6.07) is 1.65. The molecule has 0 N–H and O–H groups in total. The molecular weight excluding hydrogens is 164 g/mol. The molecule has 0 aliphatic carbocycles. The van der Waals surface area contributed by atoms with Gasteiger partial charge in [-0.2, -0.15) is 0 Å². The zero-order chi connectivity index (χ0) is 9.14. The standard InChI is InChI=1S/C8H3F2NO/c1-11-8-6(9)2-5(4-12)3-7(8)10/h2-4H. The zero-order valence-electron chi connectivity index (χ0n) is 5.84. The van der Waals surface area contributed by atoms with Gasteiger partial charge in [0.2, 0.25) is 0 Å². The summed E-state index contributed by atoms with van der Waals surface area (Å²) in [5.41, 5.74) is -0.794. The molecule has 0 fully saturated rings. The number of rotatable bonds is 1. The van der Waals surface area contributed by atoms with Gasteiger partial charge in [0, 0.05) is 5.56 Å². The normalized spacial score (nSPS) is 9.08. The second-order valence-corrected chi connectivity index (χ2v) is 2.06. The Morgan fingerprint density at radius 2 is 1.83 bits per heavy atom. The van der Waals surface area contributed by atoms with Crippen molar-refractivity contribution < 1.29 is 13.6 Å². The third kappa shape index (κ3) is 1.30. The molecule has 0 spiro atoms. The molecule has 0 saturated carbocycles. The molecule has 2 nitrogen and oxygen atoms in total. The molecule has 0 aliphatic rings. The first-order valence-electron chi connectivity index (χ1n) is 3.00. The molecule has 0 bridgehead atoms. The van der Waals surface area contributed by atoms with E-state index in [1.165, 1.54) is 0 Å². The van der Waals surface area contributed by atoms with Gasteiger partial charge in [-0.1, -0.05) is 0 Å². The molecule has 1 aromatic carbocycles. The largest absolute Gasteiger partial charge is 0.298 e. The summed E-state index contributed by atoms with van der Waals surface area (Å²) < 4.78 is 25.4. The average Bonchev–Trinajstić information content (AvgIpc) is 2.03. The van der Waals surface area contributed by atoms with Crippen LogP contribution >= 0.6 is 0 Å². The van der Waals surface area contributed by atoms with Gasteiger partial charge in [-0.25, -0.2) is 13.6 Å². The Hall–Kier alpha value is -1.76. The number of hydrogen-bond acceptors (Lipinski definition) is 1. The van der Waals surface area contributed by atoms with E-state index in [0.717, 1.165) is 12.1 Å². The lowest BCUT2D eigenvalue weighted by Crippen LogP contribution is -1.86. The monoisotopic (exact) mass is 167 g/mol. The van der Waals surface area contributed by atoms with E-state index in [4.69, 9.17) is 6.57 Å². The van der Waals surface area contributed by atoms with E-state index in [9.17, 15) is 13.6 Å². The van der Waals surface area contributed by atoms with Gasteiger partial charge >= 0.3 is 0 Å². The van der Waals surface area contributed by atoms with Crippen molar-refractivity contribution in [3.63, 3.8) is 0 Å². The molecular formula is C8H3F2NO. The first-order chi connectivity index (χ1) is 5.69. The van der Waals surface area contributed by atoms with E-state index < -0.39 is 17.3 Å². The van der Waals surface area contributed by atoms with E-state index in [2.05, 4.69) is 4.85 Å². The van der Waals surface area contributed by atoms with Crippen LogP contribution in [0.1, 0.15) is 10.4 Å². The quantitative estimate of drug-likeness (QED) is 0.464. The zero-order valence-corrected chi connectivity index (χ0v) is 5.84. The van der Waals surface area contributed by atoms with Gasteiger partial charge < -0.3 is 0 Å². The summed E-state index contributed by atoms with van der Waals surface area (Å²) in [5, 5.41) is 0. The maximum atomic E-state index is 12.7. The Bertz CT molecular complexity index is 345. The lowest BCUT2D eigenvalue weighted by molar-refractivity contribution is 0.112. The minimum absolute atomic E-state index is 0.114. The van der Waals surface area contributed by atoms with Gasteiger partial charge in [0.15, 0.2) is 0 Å². The minimum Gasteiger partial charge on any atom is -0.298 e. The van der Waals surface area contributed by atoms with Crippen LogP contribution in [0.5, 0.6) is 0 Å². The van der Waals surface area contributed by atoms with E-state index in [-0.39, 0.29) is 5.56 Å². The van der Waals surface area contributed by atoms with Crippen molar-refractivity contribution in [3.05, 3.63) is 40.7 Å². The van der Waals surface area contributed by atoms with Crippen LogP contribution in [-0.4, -0.2) is 6.29 Å². The summed E-state index contributed by atoms with van der Waals surface area (Å²) in [4.78, 5) is 12.7. The fourth-order valence-corrected chi connectivity index (χ4v) is 0.760. The Balaban J connectivity index is 3.39. The number of benzene rings is 1. The van der Waals surface area contributed by atoms with Crippen molar-refractivity contribution in [3.8, 4) is 0 Å².